The van der Waals surface area contributed by atoms with Crippen molar-refractivity contribution in [1.29, 1.82) is 0 Å². The van der Waals surface area contributed by atoms with Gasteiger partial charge in [-0.3, -0.25) is 0 Å². The predicted octanol–water partition coefficient (Wildman–Crippen LogP) is 1.71. The molecule has 0 aromatic rings. The first-order valence-electron chi connectivity index (χ1n) is 10.9. The third kappa shape index (κ3) is 14.6. The maximum Gasteiger partial charge on any atom is 0.500 e. The molecule has 0 bridgehead atoms. The molecule has 0 amide bonds. The Morgan fingerprint density at radius 3 is 1.93 bits per heavy atom. The van der Waals surface area contributed by atoms with Gasteiger partial charge in [-0.25, -0.2) is 0 Å². The third-order valence-corrected chi connectivity index (χ3v) is 7.49. The van der Waals surface area contributed by atoms with Gasteiger partial charge in [0.15, 0.2) is 0 Å². The van der Waals surface area contributed by atoms with Crippen molar-refractivity contribution in [2.24, 2.45) is 5.73 Å². The summed E-state index contributed by atoms with van der Waals surface area (Å²) in [5, 5.41) is 10.6. The largest absolute Gasteiger partial charge is 0.500 e. The molecular weight excluding hydrogens is 360 g/mol. The first-order valence-corrected chi connectivity index (χ1v) is 12.9. The van der Waals surface area contributed by atoms with Crippen molar-refractivity contribution in [3.05, 3.63) is 0 Å². The molecule has 8 heteroatoms. The van der Waals surface area contributed by atoms with Gasteiger partial charge in [0, 0.05) is 38.5 Å². The van der Waals surface area contributed by atoms with Crippen LogP contribution in [0.1, 0.15) is 53.4 Å². The molecule has 5 N–H and O–H groups in total. The van der Waals surface area contributed by atoms with Crippen molar-refractivity contribution < 1.29 is 13.3 Å². The minimum absolute atomic E-state index is 0.540. The third-order valence-electron chi connectivity index (χ3n) is 4.33. The molecule has 1 unspecified atom stereocenters. The SMILES string of the molecule is CCO[Si](CCCNCCCNC(CC)CNCCCN)(OCC)OCC. The highest BCUT2D eigenvalue weighted by atomic mass is 28.4. The van der Waals surface area contributed by atoms with Gasteiger partial charge in [-0.05, 0) is 79.2 Å². The fourth-order valence-corrected chi connectivity index (χ4v) is 5.55. The van der Waals surface area contributed by atoms with E-state index in [1.807, 2.05) is 20.8 Å². The minimum Gasteiger partial charge on any atom is -0.374 e. The summed E-state index contributed by atoms with van der Waals surface area (Å²) in [7, 11) is -2.48. The molecule has 7 nitrogen and oxygen atoms in total. The van der Waals surface area contributed by atoms with E-state index in [1.165, 1.54) is 0 Å². The molecule has 0 aromatic heterocycles. The Morgan fingerprint density at radius 2 is 1.37 bits per heavy atom. The Hall–Kier alpha value is -0.0631. The molecule has 0 aliphatic carbocycles. The van der Waals surface area contributed by atoms with Gasteiger partial charge in [-0.2, -0.15) is 0 Å². The monoisotopic (exact) mass is 406 g/mol. The number of rotatable bonds is 21. The lowest BCUT2D eigenvalue weighted by Crippen LogP contribution is -2.46. The summed E-state index contributed by atoms with van der Waals surface area (Å²) >= 11 is 0. The first-order chi connectivity index (χ1) is 13.2. The van der Waals surface area contributed by atoms with Crippen LogP contribution in [-0.4, -0.2) is 73.9 Å². The smallest absolute Gasteiger partial charge is 0.374 e. The van der Waals surface area contributed by atoms with E-state index >= 15 is 0 Å². The van der Waals surface area contributed by atoms with Crippen LogP contribution >= 0.6 is 0 Å². The Morgan fingerprint density at radius 1 is 0.778 bits per heavy atom. The molecule has 0 saturated carbocycles. The highest BCUT2D eigenvalue weighted by molar-refractivity contribution is 6.60. The number of nitrogens with one attached hydrogen (secondary N) is 3. The average molecular weight is 407 g/mol. The zero-order valence-electron chi connectivity index (χ0n) is 18.3. The van der Waals surface area contributed by atoms with Crippen molar-refractivity contribution in [3.63, 3.8) is 0 Å². The Bertz CT molecular complexity index is 298. The second-order valence-corrected chi connectivity index (χ2v) is 9.33. The van der Waals surface area contributed by atoms with Crippen molar-refractivity contribution in [2.75, 3.05) is 59.1 Å². The quantitative estimate of drug-likeness (QED) is 0.170. The standard InChI is InChI=1S/C19H46N4O3Si/c1-5-19(18-22-13-9-12-20)23-16-10-14-21-15-11-17-27(24-6-2,25-7-3)26-8-4/h19,21-23H,5-18,20H2,1-4H3. The van der Waals surface area contributed by atoms with E-state index in [1.54, 1.807) is 0 Å². The van der Waals surface area contributed by atoms with Crippen LogP contribution in [0.3, 0.4) is 0 Å². The summed E-state index contributed by atoms with van der Waals surface area (Å²) in [5.74, 6) is 0. The van der Waals surface area contributed by atoms with Gasteiger partial charge in [-0.15, -0.1) is 0 Å². The Labute approximate surface area is 168 Å². The van der Waals surface area contributed by atoms with E-state index in [4.69, 9.17) is 19.0 Å². The summed E-state index contributed by atoms with van der Waals surface area (Å²) in [6, 6.07) is 1.41. The second kappa shape index (κ2) is 19.3. The normalized spacial score (nSPS) is 13.2. The zero-order valence-corrected chi connectivity index (χ0v) is 19.3. The lowest BCUT2D eigenvalue weighted by molar-refractivity contribution is 0.0708. The van der Waals surface area contributed by atoms with E-state index in [-0.39, 0.29) is 0 Å². The average Bonchev–Trinajstić information content (AvgIpc) is 2.66. The van der Waals surface area contributed by atoms with Crippen molar-refractivity contribution >= 4 is 8.80 Å². The van der Waals surface area contributed by atoms with Gasteiger partial charge in [0.25, 0.3) is 0 Å². The van der Waals surface area contributed by atoms with Gasteiger partial charge in [0.05, 0.1) is 0 Å². The van der Waals surface area contributed by atoms with Crippen LogP contribution in [0.2, 0.25) is 6.04 Å². The summed E-state index contributed by atoms with van der Waals surface area (Å²) in [5.41, 5.74) is 5.51. The maximum atomic E-state index is 5.89. The molecule has 0 radical (unpaired) electrons. The van der Waals surface area contributed by atoms with Crippen LogP contribution in [-0.2, 0) is 13.3 Å². The van der Waals surface area contributed by atoms with Crippen LogP contribution in [0.15, 0.2) is 0 Å². The van der Waals surface area contributed by atoms with Crippen molar-refractivity contribution in [2.45, 2.75) is 65.5 Å². The predicted molar refractivity (Wildman–Crippen MR) is 116 cm³/mol. The molecule has 0 heterocycles. The summed E-state index contributed by atoms with van der Waals surface area (Å²) in [4.78, 5) is 0. The van der Waals surface area contributed by atoms with Crippen LogP contribution in [0.25, 0.3) is 0 Å². The van der Waals surface area contributed by atoms with E-state index in [9.17, 15) is 0 Å². The van der Waals surface area contributed by atoms with Gasteiger partial charge < -0.3 is 35.0 Å². The number of hydrogen-bond acceptors (Lipinski definition) is 7. The molecule has 0 aliphatic rings. The molecule has 1 atom stereocenters. The van der Waals surface area contributed by atoms with Crippen molar-refractivity contribution in [1.82, 2.24) is 16.0 Å². The van der Waals surface area contributed by atoms with Gasteiger partial charge >= 0.3 is 8.80 Å². The van der Waals surface area contributed by atoms with Crippen molar-refractivity contribution in [3.8, 4) is 0 Å². The van der Waals surface area contributed by atoms with Crippen LogP contribution in [0.5, 0.6) is 0 Å². The molecule has 27 heavy (non-hydrogen) atoms. The van der Waals surface area contributed by atoms with Gasteiger partial charge in [0.1, 0.15) is 0 Å². The summed E-state index contributed by atoms with van der Waals surface area (Å²) < 4.78 is 17.7. The lowest BCUT2D eigenvalue weighted by Gasteiger charge is -2.28. The molecule has 0 aromatic carbocycles. The van der Waals surface area contributed by atoms with Crippen LogP contribution in [0.4, 0.5) is 0 Å². The first kappa shape index (κ1) is 26.9. The van der Waals surface area contributed by atoms with E-state index in [2.05, 4.69) is 22.9 Å². The molecule has 164 valence electrons. The Balaban J connectivity index is 3.79. The molecule has 0 fully saturated rings. The highest BCUT2D eigenvalue weighted by Crippen LogP contribution is 2.17. The molecule has 0 aliphatic heterocycles. The zero-order chi connectivity index (χ0) is 20.2. The molecule has 0 saturated heterocycles. The summed E-state index contributed by atoms with van der Waals surface area (Å²) in [6.45, 7) is 16.0. The Kier molecular flexibility index (Phi) is 19.2. The van der Waals surface area contributed by atoms with Gasteiger partial charge in [-0.1, -0.05) is 6.92 Å². The van der Waals surface area contributed by atoms with E-state index in [0.717, 1.165) is 71.0 Å². The number of hydrogen-bond donors (Lipinski definition) is 4. The van der Waals surface area contributed by atoms with Gasteiger partial charge in [0.2, 0.25) is 0 Å². The molecular formula is C19H46N4O3Si. The fraction of sp³-hybridized carbons (Fsp3) is 1.00. The molecule has 0 rings (SSSR count). The maximum absolute atomic E-state index is 5.89. The molecule has 0 spiro atoms. The highest BCUT2D eigenvalue weighted by Gasteiger charge is 2.39. The topological polar surface area (TPSA) is 89.8 Å². The second-order valence-electron chi connectivity index (χ2n) is 6.59. The van der Waals surface area contributed by atoms with Crippen LogP contribution < -0.4 is 21.7 Å². The minimum atomic E-state index is -2.48. The fourth-order valence-electron chi connectivity index (χ4n) is 2.94. The van der Waals surface area contributed by atoms with Crippen LogP contribution in [0, 0.1) is 0 Å². The van der Waals surface area contributed by atoms with E-state index < -0.39 is 8.80 Å². The number of nitrogens with two attached hydrogens (primary N) is 1. The summed E-state index contributed by atoms with van der Waals surface area (Å²) in [6.07, 6.45) is 4.33. The van der Waals surface area contributed by atoms with E-state index in [0.29, 0.717) is 25.9 Å². The lowest BCUT2D eigenvalue weighted by atomic mass is 10.2.